The van der Waals surface area contributed by atoms with Crippen LogP contribution in [0, 0.1) is 20.8 Å². The average Bonchev–Trinajstić information content (AvgIpc) is 2.68. The molecule has 3 nitrogen and oxygen atoms in total. The fourth-order valence-corrected chi connectivity index (χ4v) is 3.14. The molecule has 1 aromatic carbocycles. The first-order chi connectivity index (χ1) is 9.93. The van der Waals surface area contributed by atoms with E-state index >= 15 is 0 Å². The van der Waals surface area contributed by atoms with Crippen LogP contribution in [0.25, 0.3) is 0 Å². The van der Waals surface area contributed by atoms with Gasteiger partial charge in [0.2, 0.25) is 0 Å². The molecule has 0 aliphatic heterocycles. The molecule has 1 N–H and O–H groups in total. The highest BCUT2D eigenvalue weighted by Crippen LogP contribution is 2.24. The van der Waals surface area contributed by atoms with Crippen LogP contribution >= 0.6 is 11.6 Å². The Morgan fingerprint density at radius 2 is 2.00 bits per heavy atom. The maximum Gasteiger partial charge on any atom is 0.0677 e. The van der Waals surface area contributed by atoms with Gasteiger partial charge in [-0.05, 0) is 51.4 Å². The molecule has 0 aliphatic carbocycles. The topological polar surface area (TPSA) is 29.9 Å². The Balaban J connectivity index is 2.31. The van der Waals surface area contributed by atoms with E-state index in [4.69, 9.17) is 16.7 Å². The Labute approximate surface area is 132 Å². The zero-order valence-corrected chi connectivity index (χ0v) is 14.3. The lowest BCUT2D eigenvalue weighted by atomic mass is 10.1. The normalized spacial score (nSPS) is 12.7. The van der Waals surface area contributed by atoms with Gasteiger partial charge in [0.05, 0.1) is 12.2 Å². The first-order valence-electron chi connectivity index (χ1n) is 7.46. The minimum absolute atomic E-state index is 0.317. The van der Waals surface area contributed by atoms with Gasteiger partial charge >= 0.3 is 0 Å². The summed E-state index contributed by atoms with van der Waals surface area (Å²) in [7, 11) is 0. The summed E-state index contributed by atoms with van der Waals surface area (Å²) in [4.78, 5) is 0. The number of aromatic nitrogens is 2. The molecule has 0 aliphatic rings. The zero-order chi connectivity index (χ0) is 15.6. The van der Waals surface area contributed by atoms with Crippen LogP contribution in [0.1, 0.15) is 48.0 Å². The number of nitrogens with zero attached hydrogens (tertiary/aromatic N) is 2. The predicted octanol–water partition coefficient (Wildman–Crippen LogP) is 4.18. The van der Waals surface area contributed by atoms with Gasteiger partial charge in [0.1, 0.15) is 0 Å². The maximum absolute atomic E-state index is 6.34. The lowest BCUT2D eigenvalue weighted by Gasteiger charge is -2.13. The predicted molar refractivity (Wildman–Crippen MR) is 89.1 cm³/mol. The Hall–Kier alpha value is -1.32. The third kappa shape index (κ3) is 3.47. The molecule has 1 heterocycles. The average molecular weight is 306 g/mol. The standard InChI is InChI=1S/C17H24ClN3/c1-6-19-12(3)17-13(4)20-21(14(17)5)10-15-8-7-11(2)9-16(15)18/h7-9,12,19H,6,10H2,1-5H3. The zero-order valence-electron chi connectivity index (χ0n) is 13.5. The first-order valence-corrected chi connectivity index (χ1v) is 7.84. The molecule has 0 radical (unpaired) electrons. The van der Waals surface area contributed by atoms with Crippen molar-refractivity contribution in [2.24, 2.45) is 0 Å². The van der Waals surface area contributed by atoms with Crippen LogP contribution in [0.15, 0.2) is 18.2 Å². The summed E-state index contributed by atoms with van der Waals surface area (Å²) in [6.45, 7) is 12.2. The largest absolute Gasteiger partial charge is 0.310 e. The second-order valence-corrected chi connectivity index (χ2v) is 6.02. The Kier molecular flexibility index (Phi) is 5.07. The van der Waals surface area contributed by atoms with Gasteiger partial charge in [-0.2, -0.15) is 5.10 Å². The van der Waals surface area contributed by atoms with Gasteiger partial charge < -0.3 is 5.32 Å². The van der Waals surface area contributed by atoms with E-state index in [1.54, 1.807) is 0 Å². The number of benzene rings is 1. The van der Waals surface area contributed by atoms with Crippen molar-refractivity contribution in [1.82, 2.24) is 15.1 Å². The highest BCUT2D eigenvalue weighted by Gasteiger charge is 2.17. The third-order valence-corrected chi connectivity index (χ3v) is 4.26. The third-order valence-electron chi connectivity index (χ3n) is 3.91. The van der Waals surface area contributed by atoms with Crippen LogP contribution < -0.4 is 5.32 Å². The summed E-state index contributed by atoms with van der Waals surface area (Å²) < 4.78 is 2.05. The van der Waals surface area contributed by atoms with E-state index in [0.717, 1.165) is 22.8 Å². The summed E-state index contributed by atoms with van der Waals surface area (Å²) in [6, 6.07) is 6.50. The second kappa shape index (κ2) is 6.63. The fourth-order valence-electron chi connectivity index (χ4n) is 2.84. The van der Waals surface area contributed by atoms with Gasteiger partial charge in [-0.15, -0.1) is 0 Å². The van der Waals surface area contributed by atoms with Gasteiger partial charge in [-0.3, -0.25) is 4.68 Å². The van der Waals surface area contributed by atoms with Crippen LogP contribution in [0.2, 0.25) is 5.02 Å². The van der Waals surface area contributed by atoms with E-state index in [-0.39, 0.29) is 0 Å². The van der Waals surface area contributed by atoms with Crippen LogP contribution in [-0.4, -0.2) is 16.3 Å². The monoisotopic (exact) mass is 305 g/mol. The van der Waals surface area contributed by atoms with E-state index in [1.165, 1.54) is 16.8 Å². The van der Waals surface area contributed by atoms with Crippen molar-refractivity contribution < 1.29 is 0 Å². The maximum atomic E-state index is 6.34. The molecule has 2 rings (SSSR count). The summed E-state index contributed by atoms with van der Waals surface area (Å²) in [5.41, 5.74) is 5.87. The molecule has 2 aromatic rings. The van der Waals surface area contributed by atoms with Crippen molar-refractivity contribution in [3.63, 3.8) is 0 Å². The van der Waals surface area contributed by atoms with Crippen molar-refractivity contribution in [1.29, 1.82) is 0 Å². The molecule has 1 unspecified atom stereocenters. The van der Waals surface area contributed by atoms with E-state index < -0.39 is 0 Å². The van der Waals surface area contributed by atoms with Gasteiger partial charge in [-0.1, -0.05) is 30.7 Å². The van der Waals surface area contributed by atoms with Crippen molar-refractivity contribution in [2.75, 3.05) is 6.54 Å². The van der Waals surface area contributed by atoms with Crippen LogP contribution in [0.5, 0.6) is 0 Å². The molecule has 1 aromatic heterocycles. The van der Waals surface area contributed by atoms with E-state index in [0.29, 0.717) is 12.6 Å². The number of hydrogen-bond donors (Lipinski definition) is 1. The van der Waals surface area contributed by atoms with Crippen molar-refractivity contribution in [3.8, 4) is 0 Å². The molecule has 0 saturated carbocycles. The molecule has 0 amide bonds. The number of nitrogens with one attached hydrogen (secondary N) is 1. The number of hydrogen-bond acceptors (Lipinski definition) is 2. The Morgan fingerprint density at radius 3 is 2.62 bits per heavy atom. The van der Waals surface area contributed by atoms with Crippen molar-refractivity contribution in [3.05, 3.63) is 51.3 Å². The molecule has 0 spiro atoms. The highest BCUT2D eigenvalue weighted by molar-refractivity contribution is 6.31. The SMILES string of the molecule is CCNC(C)c1c(C)nn(Cc2ccc(C)cc2Cl)c1C. The Bertz CT molecular complexity index is 631. The minimum atomic E-state index is 0.317. The van der Waals surface area contributed by atoms with Gasteiger partial charge in [0, 0.05) is 22.3 Å². The minimum Gasteiger partial charge on any atom is -0.310 e. The summed E-state index contributed by atoms with van der Waals surface area (Å²) in [5, 5.41) is 8.96. The summed E-state index contributed by atoms with van der Waals surface area (Å²) in [5.74, 6) is 0. The number of rotatable bonds is 5. The van der Waals surface area contributed by atoms with Gasteiger partial charge in [0.25, 0.3) is 0 Å². The van der Waals surface area contributed by atoms with Gasteiger partial charge in [-0.25, -0.2) is 0 Å². The van der Waals surface area contributed by atoms with E-state index in [9.17, 15) is 0 Å². The fraction of sp³-hybridized carbons (Fsp3) is 0.471. The van der Waals surface area contributed by atoms with Crippen molar-refractivity contribution >= 4 is 11.6 Å². The van der Waals surface area contributed by atoms with Gasteiger partial charge in [0.15, 0.2) is 0 Å². The lowest BCUT2D eigenvalue weighted by molar-refractivity contribution is 0.589. The Morgan fingerprint density at radius 1 is 1.29 bits per heavy atom. The van der Waals surface area contributed by atoms with Crippen LogP contribution in [0.4, 0.5) is 0 Å². The molecule has 0 fully saturated rings. The van der Waals surface area contributed by atoms with Crippen LogP contribution in [0.3, 0.4) is 0 Å². The summed E-state index contributed by atoms with van der Waals surface area (Å²) >= 11 is 6.34. The van der Waals surface area contributed by atoms with Crippen LogP contribution in [-0.2, 0) is 6.54 Å². The van der Waals surface area contributed by atoms with E-state index in [1.807, 2.05) is 6.07 Å². The molecule has 21 heavy (non-hydrogen) atoms. The smallest absolute Gasteiger partial charge is 0.0677 e. The molecular weight excluding hydrogens is 282 g/mol. The highest BCUT2D eigenvalue weighted by atomic mass is 35.5. The second-order valence-electron chi connectivity index (χ2n) is 5.62. The molecule has 114 valence electrons. The summed E-state index contributed by atoms with van der Waals surface area (Å²) in [6.07, 6.45) is 0. The first kappa shape index (κ1) is 16.1. The molecular formula is C17H24ClN3. The van der Waals surface area contributed by atoms with Crippen molar-refractivity contribution in [2.45, 2.75) is 47.2 Å². The lowest BCUT2D eigenvalue weighted by Crippen LogP contribution is -2.19. The quantitative estimate of drug-likeness (QED) is 0.898. The number of halogens is 1. The van der Waals surface area contributed by atoms with E-state index in [2.05, 4.69) is 56.8 Å². The molecule has 0 saturated heterocycles. The molecule has 0 bridgehead atoms. The molecule has 4 heteroatoms. The molecule has 1 atom stereocenters. The number of aryl methyl sites for hydroxylation is 2.